The third-order valence-corrected chi connectivity index (χ3v) is 1.91. The quantitative estimate of drug-likeness (QED) is 0.588. The van der Waals surface area contributed by atoms with Gasteiger partial charge in [-0.2, -0.15) is 0 Å². The maximum atomic E-state index is 11.4. The van der Waals surface area contributed by atoms with Crippen LogP contribution in [0.4, 0.5) is 0 Å². The molecule has 0 aliphatic heterocycles. The van der Waals surface area contributed by atoms with E-state index in [0.29, 0.717) is 11.1 Å². The van der Waals surface area contributed by atoms with Gasteiger partial charge in [0.2, 0.25) is 0 Å². The molecule has 1 rings (SSSR count). The summed E-state index contributed by atoms with van der Waals surface area (Å²) in [6.45, 7) is 3.54. The summed E-state index contributed by atoms with van der Waals surface area (Å²) in [5.41, 5.74) is 0.767. The maximum absolute atomic E-state index is 11.4. The van der Waals surface area contributed by atoms with Gasteiger partial charge in [0.15, 0.2) is 0 Å². The van der Waals surface area contributed by atoms with Crippen molar-refractivity contribution in [3.05, 3.63) is 35.4 Å². The van der Waals surface area contributed by atoms with Crippen LogP contribution in [0.1, 0.15) is 34.6 Å². The molecular formula is C11H11ClO3. The summed E-state index contributed by atoms with van der Waals surface area (Å²) >= 11 is 5.26. The fraction of sp³-hybridized carbons (Fsp3) is 0.273. The Morgan fingerprint density at radius 2 is 1.60 bits per heavy atom. The van der Waals surface area contributed by atoms with E-state index in [4.69, 9.17) is 16.3 Å². The van der Waals surface area contributed by atoms with Crippen LogP contribution >= 0.6 is 11.6 Å². The SMILES string of the molecule is CC(C)OC(=O)c1ccc(C(=O)Cl)cc1. The highest BCUT2D eigenvalue weighted by atomic mass is 35.5. The van der Waals surface area contributed by atoms with Gasteiger partial charge < -0.3 is 4.74 Å². The van der Waals surface area contributed by atoms with Crippen molar-refractivity contribution in [2.75, 3.05) is 0 Å². The highest BCUT2D eigenvalue weighted by molar-refractivity contribution is 6.67. The summed E-state index contributed by atoms with van der Waals surface area (Å²) in [5, 5.41) is -0.543. The van der Waals surface area contributed by atoms with Gasteiger partial charge in [-0.1, -0.05) is 0 Å². The summed E-state index contributed by atoms with van der Waals surface area (Å²) in [4.78, 5) is 22.1. The normalized spacial score (nSPS) is 10.1. The second-order valence-electron chi connectivity index (χ2n) is 3.31. The molecule has 0 aliphatic rings. The molecule has 80 valence electrons. The lowest BCUT2D eigenvalue weighted by molar-refractivity contribution is 0.0377. The van der Waals surface area contributed by atoms with E-state index in [1.165, 1.54) is 24.3 Å². The van der Waals surface area contributed by atoms with E-state index in [-0.39, 0.29) is 6.10 Å². The van der Waals surface area contributed by atoms with Crippen molar-refractivity contribution >= 4 is 22.8 Å². The van der Waals surface area contributed by atoms with Gasteiger partial charge in [-0.3, -0.25) is 4.79 Å². The van der Waals surface area contributed by atoms with Crippen LogP contribution in [0, 0.1) is 0 Å². The van der Waals surface area contributed by atoms with Crippen molar-refractivity contribution in [3.8, 4) is 0 Å². The lowest BCUT2D eigenvalue weighted by atomic mass is 10.1. The Morgan fingerprint density at radius 3 is 2.00 bits per heavy atom. The topological polar surface area (TPSA) is 43.4 Å². The van der Waals surface area contributed by atoms with Gasteiger partial charge in [0, 0.05) is 5.56 Å². The van der Waals surface area contributed by atoms with Gasteiger partial charge in [0.1, 0.15) is 0 Å². The van der Waals surface area contributed by atoms with Crippen LogP contribution in [-0.4, -0.2) is 17.3 Å². The van der Waals surface area contributed by atoms with Crippen molar-refractivity contribution in [2.45, 2.75) is 20.0 Å². The number of carbonyl (C=O) groups excluding carboxylic acids is 2. The molecule has 0 unspecified atom stereocenters. The number of benzene rings is 1. The molecule has 0 spiro atoms. The summed E-state index contributed by atoms with van der Waals surface area (Å²) < 4.78 is 4.98. The summed E-state index contributed by atoms with van der Waals surface area (Å²) in [5.74, 6) is -0.404. The Hall–Kier alpha value is -1.35. The lowest BCUT2D eigenvalue weighted by Crippen LogP contribution is -2.11. The van der Waals surface area contributed by atoms with Gasteiger partial charge in [-0.25, -0.2) is 4.79 Å². The fourth-order valence-corrected chi connectivity index (χ4v) is 1.15. The first-order valence-corrected chi connectivity index (χ1v) is 4.89. The Labute approximate surface area is 93.0 Å². The van der Waals surface area contributed by atoms with Gasteiger partial charge in [-0.15, -0.1) is 0 Å². The first-order chi connectivity index (χ1) is 7.00. The number of hydrogen-bond acceptors (Lipinski definition) is 3. The standard InChI is InChI=1S/C11H11ClO3/c1-7(2)15-11(14)9-5-3-8(4-6-9)10(12)13/h3-7H,1-2H3. The molecule has 0 heterocycles. The monoisotopic (exact) mass is 226 g/mol. The van der Waals surface area contributed by atoms with E-state index in [1.54, 1.807) is 13.8 Å². The van der Waals surface area contributed by atoms with Gasteiger partial charge in [-0.05, 0) is 49.7 Å². The van der Waals surface area contributed by atoms with Crippen molar-refractivity contribution in [3.63, 3.8) is 0 Å². The van der Waals surface area contributed by atoms with Crippen molar-refractivity contribution in [1.29, 1.82) is 0 Å². The Balaban J connectivity index is 2.80. The zero-order valence-electron chi connectivity index (χ0n) is 8.49. The minimum absolute atomic E-state index is 0.160. The van der Waals surface area contributed by atoms with Crippen LogP contribution in [0.15, 0.2) is 24.3 Å². The number of esters is 1. The minimum Gasteiger partial charge on any atom is -0.459 e. The molecule has 15 heavy (non-hydrogen) atoms. The zero-order chi connectivity index (χ0) is 11.4. The van der Waals surface area contributed by atoms with E-state index in [1.807, 2.05) is 0 Å². The Bertz CT molecular complexity index is 368. The molecule has 1 aromatic carbocycles. The first kappa shape index (κ1) is 11.7. The van der Waals surface area contributed by atoms with Crippen molar-refractivity contribution in [1.82, 2.24) is 0 Å². The molecule has 0 radical (unpaired) electrons. The van der Waals surface area contributed by atoms with Crippen LogP contribution in [0.5, 0.6) is 0 Å². The molecule has 0 amide bonds. The molecular weight excluding hydrogens is 216 g/mol. The molecule has 1 aromatic rings. The van der Waals surface area contributed by atoms with Gasteiger partial charge >= 0.3 is 5.97 Å². The average Bonchev–Trinajstić information content (AvgIpc) is 2.17. The number of rotatable bonds is 3. The second-order valence-corrected chi connectivity index (χ2v) is 3.65. The van der Waals surface area contributed by atoms with Crippen molar-refractivity contribution in [2.24, 2.45) is 0 Å². The van der Waals surface area contributed by atoms with Crippen molar-refractivity contribution < 1.29 is 14.3 Å². The predicted molar refractivity (Wildman–Crippen MR) is 57.2 cm³/mol. The molecule has 3 nitrogen and oxygen atoms in total. The summed E-state index contributed by atoms with van der Waals surface area (Å²) in [6, 6.07) is 6.01. The van der Waals surface area contributed by atoms with Crippen LogP contribution in [0.3, 0.4) is 0 Å². The maximum Gasteiger partial charge on any atom is 0.338 e. The summed E-state index contributed by atoms with van der Waals surface area (Å²) in [6.07, 6.45) is -0.160. The molecule has 0 aliphatic carbocycles. The molecule has 4 heteroatoms. The summed E-state index contributed by atoms with van der Waals surface area (Å²) in [7, 11) is 0. The minimum atomic E-state index is -0.543. The highest BCUT2D eigenvalue weighted by Gasteiger charge is 2.09. The molecule has 0 bridgehead atoms. The van der Waals surface area contributed by atoms with Crippen LogP contribution in [0.2, 0.25) is 0 Å². The van der Waals surface area contributed by atoms with E-state index in [0.717, 1.165) is 0 Å². The second kappa shape index (κ2) is 4.94. The number of hydrogen-bond donors (Lipinski definition) is 0. The number of carbonyl (C=O) groups is 2. The molecule has 0 saturated heterocycles. The lowest BCUT2D eigenvalue weighted by Gasteiger charge is -2.07. The number of ether oxygens (including phenoxy) is 1. The largest absolute Gasteiger partial charge is 0.459 e. The predicted octanol–water partition coefficient (Wildman–Crippen LogP) is 2.63. The Kier molecular flexibility index (Phi) is 3.86. The molecule has 0 N–H and O–H groups in total. The van der Waals surface area contributed by atoms with E-state index in [9.17, 15) is 9.59 Å². The molecule has 0 saturated carbocycles. The number of halogens is 1. The first-order valence-electron chi connectivity index (χ1n) is 4.51. The van der Waals surface area contributed by atoms with Gasteiger partial charge in [0.25, 0.3) is 5.24 Å². The van der Waals surface area contributed by atoms with E-state index < -0.39 is 11.2 Å². The zero-order valence-corrected chi connectivity index (χ0v) is 9.25. The van der Waals surface area contributed by atoms with Crippen LogP contribution in [0.25, 0.3) is 0 Å². The third kappa shape index (κ3) is 3.36. The van der Waals surface area contributed by atoms with Gasteiger partial charge in [0.05, 0.1) is 11.7 Å². The highest BCUT2D eigenvalue weighted by Crippen LogP contribution is 2.09. The molecule has 0 fully saturated rings. The van der Waals surface area contributed by atoms with Crippen LogP contribution in [-0.2, 0) is 4.74 Å². The molecule has 0 atom stereocenters. The third-order valence-electron chi connectivity index (χ3n) is 1.69. The smallest absolute Gasteiger partial charge is 0.338 e. The van der Waals surface area contributed by atoms with Crippen LogP contribution < -0.4 is 0 Å². The Morgan fingerprint density at radius 1 is 1.13 bits per heavy atom. The van der Waals surface area contributed by atoms with E-state index in [2.05, 4.69) is 0 Å². The van der Waals surface area contributed by atoms with E-state index >= 15 is 0 Å². The molecule has 0 aromatic heterocycles. The average molecular weight is 227 g/mol. The fourth-order valence-electron chi connectivity index (χ4n) is 1.02.